The third kappa shape index (κ3) is 3.43. The van der Waals surface area contributed by atoms with Crippen LogP contribution in [-0.2, 0) is 19.2 Å². The fourth-order valence-corrected chi connectivity index (χ4v) is 2.46. The molecule has 0 radical (unpaired) electrons. The van der Waals surface area contributed by atoms with Crippen molar-refractivity contribution in [3.05, 3.63) is 52.5 Å². The average molecular weight is 356 g/mol. The quantitative estimate of drug-likeness (QED) is 0.617. The van der Waals surface area contributed by atoms with Crippen LogP contribution in [0.3, 0.4) is 0 Å². The second-order valence-electron chi connectivity index (χ2n) is 4.02. The third-order valence-corrected chi connectivity index (χ3v) is 4.15. The van der Waals surface area contributed by atoms with Gasteiger partial charge >= 0.3 is 10.1 Å². The van der Waals surface area contributed by atoms with Gasteiger partial charge < -0.3 is 0 Å². The zero-order valence-corrected chi connectivity index (χ0v) is 12.8. The predicted octanol–water partition coefficient (Wildman–Crippen LogP) is 2.60. The fourth-order valence-electron chi connectivity index (χ4n) is 1.46. The van der Waals surface area contributed by atoms with Gasteiger partial charge in [-0.1, -0.05) is 21.1 Å². The number of nitrogens with zero attached hydrogens (tertiary/aromatic N) is 1. The summed E-state index contributed by atoms with van der Waals surface area (Å²) < 4.78 is 29.2. The standard InChI is InChI=1S/C13H10BrNO4S/c1-9-8-11(16)4-7-13(9)15-19-20(17,18)12-5-2-10(14)3-6-12/h2-8H,1H3/b15-13-. The first-order chi connectivity index (χ1) is 9.38. The van der Waals surface area contributed by atoms with E-state index >= 15 is 0 Å². The molecule has 1 aliphatic rings. The third-order valence-electron chi connectivity index (χ3n) is 2.50. The summed E-state index contributed by atoms with van der Waals surface area (Å²) in [5.41, 5.74) is 0.841. The van der Waals surface area contributed by atoms with Crippen molar-refractivity contribution in [2.24, 2.45) is 5.16 Å². The van der Waals surface area contributed by atoms with Crippen LogP contribution < -0.4 is 0 Å². The molecule has 0 aliphatic heterocycles. The smallest absolute Gasteiger partial charge is 0.290 e. The topological polar surface area (TPSA) is 72.8 Å². The molecule has 0 bridgehead atoms. The summed E-state index contributed by atoms with van der Waals surface area (Å²) in [6, 6.07) is 5.99. The lowest BCUT2D eigenvalue weighted by Gasteiger charge is -2.06. The lowest BCUT2D eigenvalue weighted by Crippen LogP contribution is -2.09. The Morgan fingerprint density at radius 3 is 2.40 bits per heavy atom. The van der Waals surface area contributed by atoms with Gasteiger partial charge in [0.15, 0.2) is 5.78 Å². The highest BCUT2D eigenvalue weighted by Crippen LogP contribution is 2.17. The number of allylic oxidation sites excluding steroid dienone is 4. The SMILES string of the molecule is CC1=CC(=O)C=C/C1=N/OS(=O)(=O)c1ccc(Br)cc1. The second-order valence-corrected chi connectivity index (χ2v) is 6.47. The largest absolute Gasteiger partial charge is 0.358 e. The van der Waals surface area contributed by atoms with E-state index in [1.807, 2.05) is 0 Å². The van der Waals surface area contributed by atoms with E-state index in [-0.39, 0.29) is 10.7 Å². The lowest BCUT2D eigenvalue weighted by molar-refractivity contribution is -0.110. The van der Waals surface area contributed by atoms with E-state index in [9.17, 15) is 13.2 Å². The van der Waals surface area contributed by atoms with Crippen LogP contribution in [-0.4, -0.2) is 19.9 Å². The molecular weight excluding hydrogens is 346 g/mol. The zero-order valence-electron chi connectivity index (χ0n) is 10.4. The zero-order chi connectivity index (χ0) is 14.8. The summed E-state index contributed by atoms with van der Waals surface area (Å²) in [4.78, 5) is 11.1. The van der Waals surface area contributed by atoms with Crippen molar-refractivity contribution in [2.75, 3.05) is 0 Å². The van der Waals surface area contributed by atoms with Crippen molar-refractivity contribution in [3.63, 3.8) is 0 Å². The molecule has 20 heavy (non-hydrogen) atoms. The minimum absolute atomic E-state index is 0.00236. The van der Waals surface area contributed by atoms with Gasteiger partial charge in [0.2, 0.25) is 0 Å². The van der Waals surface area contributed by atoms with Gasteiger partial charge in [-0.25, -0.2) is 0 Å². The predicted molar refractivity (Wildman–Crippen MR) is 77.8 cm³/mol. The summed E-state index contributed by atoms with van der Waals surface area (Å²) in [6.45, 7) is 1.65. The fraction of sp³-hybridized carbons (Fsp3) is 0.0769. The summed E-state index contributed by atoms with van der Waals surface area (Å²) in [7, 11) is -3.97. The molecule has 104 valence electrons. The first-order valence-electron chi connectivity index (χ1n) is 5.56. The van der Waals surface area contributed by atoms with E-state index in [2.05, 4.69) is 25.4 Å². The minimum atomic E-state index is -3.97. The molecule has 0 saturated heterocycles. The van der Waals surface area contributed by atoms with E-state index in [4.69, 9.17) is 0 Å². The second kappa shape index (κ2) is 5.72. The number of rotatable bonds is 3. The summed E-state index contributed by atoms with van der Waals surface area (Å²) in [6.07, 6.45) is 4.06. The van der Waals surface area contributed by atoms with Gasteiger partial charge in [0.1, 0.15) is 10.6 Å². The number of carbonyl (C=O) groups excluding carboxylic acids is 1. The lowest BCUT2D eigenvalue weighted by atomic mass is 10.1. The van der Waals surface area contributed by atoms with E-state index in [1.165, 1.54) is 30.4 Å². The molecule has 2 rings (SSSR count). The molecule has 7 heteroatoms. The van der Waals surface area contributed by atoms with Crippen molar-refractivity contribution in [2.45, 2.75) is 11.8 Å². The molecule has 1 aromatic carbocycles. The van der Waals surface area contributed by atoms with Crippen LogP contribution in [0.1, 0.15) is 6.92 Å². The maximum absolute atomic E-state index is 11.9. The molecule has 0 aromatic heterocycles. The van der Waals surface area contributed by atoms with E-state index in [1.54, 1.807) is 19.1 Å². The summed E-state index contributed by atoms with van der Waals surface area (Å²) in [5, 5.41) is 3.58. The highest BCUT2D eigenvalue weighted by atomic mass is 79.9. The Morgan fingerprint density at radius 1 is 1.15 bits per heavy atom. The molecule has 0 saturated carbocycles. The molecule has 0 N–H and O–H groups in total. The van der Waals surface area contributed by atoms with Gasteiger partial charge in [-0.2, -0.15) is 8.42 Å². The van der Waals surface area contributed by atoms with Gasteiger partial charge in [-0.05, 0) is 55.0 Å². The minimum Gasteiger partial charge on any atom is -0.290 e. The van der Waals surface area contributed by atoms with Crippen molar-refractivity contribution >= 4 is 37.5 Å². The van der Waals surface area contributed by atoms with Crippen LogP contribution >= 0.6 is 15.9 Å². The first-order valence-corrected chi connectivity index (χ1v) is 7.76. The highest BCUT2D eigenvalue weighted by Gasteiger charge is 2.16. The summed E-state index contributed by atoms with van der Waals surface area (Å²) >= 11 is 3.22. The number of hydrogen-bond acceptors (Lipinski definition) is 5. The molecule has 0 heterocycles. The number of benzene rings is 1. The van der Waals surface area contributed by atoms with E-state index < -0.39 is 10.1 Å². The van der Waals surface area contributed by atoms with Gasteiger partial charge in [0.05, 0.1) is 0 Å². The molecule has 0 unspecified atom stereocenters. The van der Waals surface area contributed by atoms with Crippen LogP contribution in [0.2, 0.25) is 0 Å². The van der Waals surface area contributed by atoms with Gasteiger partial charge in [0, 0.05) is 4.47 Å². The van der Waals surface area contributed by atoms with Gasteiger partial charge in [-0.3, -0.25) is 9.08 Å². The highest BCUT2D eigenvalue weighted by molar-refractivity contribution is 9.10. The molecule has 0 fully saturated rings. The Hall–Kier alpha value is -1.73. The molecule has 0 atom stereocenters. The van der Waals surface area contributed by atoms with Crippen LogP contribution in [0.25, 0.3) is 0 Å². The van der Waals surface area contributed by atoms with Crippen molar-refractivity contribution in [1.82, 2.24) is 0 Å². The molecule has 1 aliphatic carbocycles. The number of hydrogen-bond donors (Lipinski definition) is 0. The molecule has 0 amide bonds. The molecule has 5 nitrogen and oxygen atoms in total. The maximum atomic E-state index is 11.9. The molecule has 0 spiro atoms. The van der Waals surface area contributed by atoms with Crippen LogP contribution in [0.5, 0.6) is 0 Å². The average Bonchev–Trinajstić information content (AvgIpc) is 2.38. The number of ketones is 1. The molecular formula is C13H10BrNO4S. The van der Waals surface area contributed by atoms with Crippen LogP contribution in [0.15, 0.2) is 62.6 Å². The Bertz CT molecular complexity index is 730. The Labute approximate surface area is 124 Å². The monoisotopic (exact) mass is 355 g/mol. The number of oxime groups is 1. The summed E-state index contributed by atoms with van der Waals surface area (Å²) in [5.74, 6) is -0.169. The maximum Gasteiger partial charge on any atom is 0.358 e. The van der Waals surface area contributed by atoms with Crippen molar-refractivity contribution < 1.29 is 17.5 Å². The number of halogens is 1. The number of carbonyl (C=O) groups is 1. The van der Waals surface area contributed by atoms with Crippen LogP contribution in [0.4, 0.5) is 0 Å². The first kappa shape index (κ1) is 14.7. The van der Waals surface area contributed by atoms with E-state index in [0.29, 0.717) is 11.3 Å². The van der Waals surface area contributed by atoms with Crippen molar-refractivity contribution in [1.29, 1.82) is 0 Å². The van der Waals surface area contributed by atoms with Crippen LogP contribution in [0, 0.1) is 0 Å². The van der Waals surface area contributed by atoms with Gasteiger partial charge in [0.25, 0.3) is 0 Å². The Balaban J connectivity index is 2.22. The Morgan fingerprint density at radius 2 is 1.80 bits per heavy atom. The van der Waals surface area contributed by atoms with E-state index in [0.717, 1.165) is 4.47 Å². The van der Waals surface area contributed by atoms with Gasteiger partial charge in [-0.15, -0.1) is 0 Å². The normalized spacial score (nSPS) is 17.2. The Kier molecular flexibility index (Phi) is 4.20. The van der Waals surface area contributed by atoms with Crippen molar-refractivity contribution in [3.8, 4) is 0 Å². The molecule has 1 aromatic rings.